The number of hydrogen-bond acceptors (Lipinski definition) is 3. The van der Waals surface area contributed by atoms with E-state index in [0.29, 0.717) is 10.0 Å². The summed E-state index contributed by atoms with van der Waals surface area (Å²) < 4.78 is 36.0. The second-order valence-electron chi connectivity index (χ2n) is 3.13. The maximum absolute atomic E-state index is 12.0. The Bertz CT molecular complexity index is 354. The van der Waals surface area contributed by atoms with Crippen LogP contribution in [-0.2, 0) is 5.88 Å². The molecular weight excluding hydrogens is 284 g/mol. The molecule has 1 aromatic rings. The first-order valence-electron chi connectivity index (χ1n) is 4.32. The molecule has 2 nitrogen and oxygen atoms in total. The molecule has 0 fully saturated rings. The van der Waals surface area contributed by atoms with Crippen LogP contribution in [0.15, 0.2) is 0 Å². The van der Waals surface area contributed by atoms with Crippen molar-refractivity contribution in [2.45, 2.75) is 18.5 Å². The van der Waals surface area contributed by atoms with E-state index in [0.717, 1.165) is 0 Å². The summed E-state index contributed by atoms with van der Waals surface area (Å²) in [5, 5.41) is 0.707. The molecule has 0 aliphatic heterocycles. The lowest BCUT2D eigenvalue weighted by molar-refractivity contribution is -0.132. The lowest BCUT2D eigenvalue weighted by Gasteiger charge is -2.16. The molecule has 0 unspecified atom stereocenters. The number of thiazole rings is 1. The fraction of sp³-hybridized carbons (Fsp3) is 0.625. The molecule has 0 bridgehead atoms. The Balaban J connectivity index is 2.62. The Kier molecular flexibility index (Phi) is 4.70. The molecule has 16 heavy (non-hydrogen) atoms. The van der Waals surface area contributed by atoms with Gasteiger partial charge in [0.1, 0.15) is 5.15 Å². The third kappa shape index (κ3) is 3.99. The van der Waals surface area contributed by atoms with Gasteiger partial charge in [0.05, 0.1) is 17.2 Å². The van der Waals surface area contributed by atoms with Crippen molar-refractivity contribution < 1.29 is 13.2 Å². The van der Waals surface area contributed by atoms with Gasteiger partial charge in [-0.15, -0.1) is 11.6 Å². The van der Waals surface area contributed by atoms with E-state index < -0.39 is 12.6 Å². The maximum Gasteiger partial charge on any atom is 0.390 e. The zero-order valence-electron chi connectivity index (χ0n) is 8.31. The van der Waals surface area contributed by atoms with E-state index in [-0.39, 0.29) is 17.6 Å². The van der Waals surface area contributed by atoms with Crippen LogP contribution in [0.25, 0.3) is 0 Å². The molecule has 0 aliphatic rings. The van der Waals surface area contributed by atoms with E-state index in [1.54, 1.807) is 7.05 Å². The van der Waals surface area contributed by atoms with Crippen LogP contribution in [0.3, 0.4) is 0 Å². The predicted molar refractivity (Wildman–Crippen MR) is 60.6 cm³/mol. The molecule has 0 atom stereocenters. The summed E-state index contributed by atoms with van der Waals surface area (Å²) in [5.41, 5.74) is 0. The Morgan fingerprint density at radius 1 is 1.44 bits per heavy atom. The minimum absolute atomic E-state index is 0.144. The number of rotatable bonds is 4. The lowest BCUT2D eigenvalue weighted by Crippen LogP contribution is -2.23. The molecule has 0 radical (unpaired) electrons. The van der Waals surface area contributed by atoms with Crippen LogP contribution < -0.4 is 4.90 Å². The molecule has 0 saturated carbocycles. The smallest absolute Gasteiger partial charge is 0.351 e. The second kappa shape index (κ2) is 5.42. The average molecular weight is 293 g/mol. The third-order valence-electron chi connectivity index (χ3n) is 1.82. The Hall–Kier alpha value is -0.200. The normalized spacial score (nSPS) is 11.9. The highest BCUT2D eigenvalue weighted by Gasteiger charge is 2.27. The summed E-state index contributed by atoms with van der Waals surface area (Å²) in [4.78, 5) is 6.02. The summed E-state index contributed by atoms with van der Waals surface area (Å²) in [5.74, 6) is 0.212. The molecule has 0 aliphatic carbocycles. The van der Waals surface area contributed by atoms with Crippen molar-refractivity contribution in [3.8, 4) is 0 Å². The monoisotopic (exact) mass is 292 g/mol. The molecule has 0 amide bonds. The Morgan fingerprint density at radius 3 is 2.50 bits per heavy atom. The van der Waals surface area contributed by atoms with Crippen LogP contribution in [0, 0.1) is 0 Å². The number of alkyl halides is 4. The third-order valence-corrected chi connectivity index (χ3v) is 3.84. The topological polar surface area (TPSA) is 16.1 Å². The van der Waals surface area contributed by atoms with Gasteiger partial charge in [-0.05, 0) is 0 Å². The molecule has 0 N–H and O–H groups in total. The lowest BCUT2D eigenvalue weighted by atomic mass is 10.4. The molecule has 1 heterocycles. The van der Waals surface area contributed by atoms with E-state index in [4.69, 9.17) is 23.2 Å². The molecule has 92 valence electrons. The molecule has 1 rings (SSSR count). The zero-order valence-corrected chi connectivity index (χ0v) is 10.6. The van der Waals surface area contributed by atoms with E-state index in [9.17, 15) is 13.2 Å². The predicted octanol–water partition coefficient (Wildman–Crippen LogP) is 3.92. The molecule has 0 spiro atoms. The fourth-order valence-corrected chi connectivity index (χ4v) is 2.42. The highest BCUT2D eigenvalue weighted by molar-refractivity contribution is 7.16. The average Bonchev–Trinajstić information content (AvgIpc) is 2.55. The minimum Gasteiger partial charge on any atom is -0.351 e. The Labute approximate surface area is 105 Å². The largest absolute Gasteiger partial charge is 0.390 e. The van der Waals surface area contributed by atoms with E-state index in [1.165, 1.54) is 16.2 Å². The van der Waals surface area contributed by atoms with E-state index in [2.05, 4.69) is 4.98 Å². The van der Waals surface area contributed by atoms with Crippen LogP contribution in [0.1, 0.15) is 11.3 Å². The van der Waals surface area contributed by atoms with Crippen molar-refractivity contribution in [3.05, 3.63) is 10.0 Å². The molecule has 8 heteroatoms. The zero-order chi connectivity index (χ0) is 12.3. The van der Waals surface area contributed by atoms with E-state index >= 15 is 0 Å². The van der Waals surface area contributed by atoms with Crippen molar-refractivity contribution in [2.24, 2.45) is 0 Å². The first kappa shape index (κ1) is 13.9. The summed E-state index contributed by atoms with van der Waals surface area (Å²) in [6.07, 6.45) is -5.04. The van der Waals surface area contributed by atoms with Gasteiger partial charge in [0.2, 0.25) is 0 Å². The summed E-state index contributed by atoms with van der Waals surface area (Å²) >= 11 is 12.5. The van der Waals surface area contributed by atoms with Gasteiger partial charge < -0.3 is 4.90 Å². The van der Waals surface area contributed by atoms with Crippen molar-refractivity contribution in [3.63, 3.8) is 0 Å². The Morgan fingerprint density at radius 2 is 2.06 bits per heavy atom. The first-order chi connectivity index (χ1) is 7.33. The van der Waals surface area contributed by atoms with Crippen LogP contribution in [-0.4, -0.2) is 24.8 Å². The van der Waals surface area contributed by atoms with Gasteiger partial charge in [-0.2, -0.15) is 13.2 Å². The quantitative estimate of drug-likeness (QED) is 0.782. The van der Waals surface area contributed by atoms with Crippen molar-refractivity contribution in [1.82, 2.24) is 4.98 Å². The van der Waals surface area contributed by atoms with Crippen LogP contribution in [0.5, 0.6) is 0 Å². The SMILES string of the molecule is CN(CCC(F)(F)F)c1nc(Cl)c(CCl)s1. The summed E-state index contributed by atoms with van der Waals surface area (Å²) in [7, 11) is 1.54. The standard InChI is InChI=1S/C8H9Cl2F3N2S/c1-15(3-2-8(11,12)13)7-14-6(10)5(4-9)16-7/h2-4H2,1H3. The van der Waals surface area contributed by atoms with Crippen LogP contribution in [0.2, 0.25) is 5.15 Å². The minimum atomic E-state index is -4.16. The van der Waals surface area contributed by atoms with Gasteiger partial charge in [0.25, 0.3) is 0 Å². The highest BCUT2D eigenvalue weighted by Crippen LogP contribution is 2.31. The molecule has 0 aromatic carbocycles. The van der Waals surface area contributed by atoms with Gasteiger partial charge >= 0.3 is 6.18 Å². The number of halogens is 5. The number of aromatic nitrogens is 1. The second-order valence-corrected chi connectivity index (χ2v) is 4.82. The molecular formula is C8H9Cl2F3N2S. The van der Waals surface area contributed by atoms with Gasteiger partial charge in [-0.3, -0.25) is 0 Å². The van der Waals surface area contributed by atoms with Crippen molar-refractivity contribution >= 4 is 39.7 Å². The van der Waals surface area contributed by atoms with Gasteiger partial charge in [-0.1, -0.05) is 22.9 Å². The summed E-state index contributed by atoms with van der Waals surface area (Å²) in [6.45, 7) is -0.144. The van der Waals surface area contributed by atoms with Gasteiger partial charge in [0.15, 0.2) is 5.13 Å². The molecule has 1 aromatic heterocycles. The molecule has 0 saturated heterocycles. The van der Waals surface area contributed by atoms with Gasteiger partial charge in [-0.25, -0.2) is 4.98 Å². The van der Waals surface area contributed by atoms with Crippen LogP contribution in [0.4, 0.5) is 18.3 Å². The first-order valence-corrected chi connectivity index (χ1v) is 6.05. The number of hydrogen-bond donors (Lipinski definition) is 0. The van der Waals surface area contributed by atoms with Gasteiger partial charge in [0, 0.05) is 13.6 Å². The van der Waals surface area contributed by atoms with E-state index in [1.807, 2.05) is 0 Å². The fourth-order valence-electron chi connectivity index (χ4n) is 0.957. The van der Waals surface area contributed by atoms with Crippen molar-refractivity contribution in [1.29, 1.82) is 0 Å². The van der Waals surface area contributed by atoms with Crippen molar-refractivity contribution in [2.75, 3.05) is 18.5 Å². The van der Waals surface area contributed by atoms with Crippen LogP contribution >= 0.6 is 34.5 Å². The highest BCUT2D eigenvalue weighted by atomic mass is 35.5. The maximum atomic E-state index is 12.0. The summed E-state index contributed by atoms with van der Waals surface area (Å²) in [6, 6.07) is 0. The number of anilines is 1. The number of nitrogens with zero attached hydrogens (tertiary/aromatic N) is 2.